The van der Waals surface area contributed by atoms with Crippen molar-refractivity contribution in [2.45, 2.75) is 46.3 Å². The molecule has 0 fully saturated rings. The standard InChI is InChI=1S/C7H16O2.C3H8O2/c1-3-7(4-2,5-8)6-9;1-2-3(4)5/h8-9H,3-6H2,1-2H3;3-5H,2H2,1H3. The topological polar surface area (TPSA) is 80.9 Å². The van der Waals surface area contributed by atoms with E-state index in [1.165, 1.54) is 0 Å². The molecule has 0 unspecified atom stereocenters. The number of hydrogen-bond acceptors (Lipinski definition) is 4. The van der Waals surface area contributed by atoms with E-state index in [9.17, 15) is 0 Å². The second-order valence-corrected chi connectivity index (χ2v) is 3.41. The van der Waals surface area contributed by atoms with Crippen molar-refractivity contribution in [2.24, 2.45) is 5.41 Å². The lowest BCUT2D eigenvalue weighted by molar-refractivity contribution is -0.0413. The minimum absolute atomic E-state index is 0.0938. The molecule has 0 aromatic heterocycles. The van der Waals surface area contributed by atoms with Crippen molar-refractivity contribution in [3.05, 3.63) is 0 Å². The van der Waals surface area contributed by atoms with Crippen LogP contribution in [-0.4, -0.2) is 39.9 Å². The fourth-order valence-electron chi connectivity index (χ4n) is 0.747. The summed E-state index contributed by atoms with van der Waals surface area (Å²) in [5.74, 6) is 0. The van der Waals surface area contributed by atoms with Crippen molar-refractivity contribution in [1.29, 1.82) is 0 Å². The highest BCUT2D eigenvalue weighted by Gasteiger charge is 2.23. The Bertz CT molecular complexity index is 93.2. The minimum Gasteiger partial charge on any atom is -0.396 e. The largest absolute Gasteiger partial charge is 0.396 e. The van der Waals surface area contributed by atoms with Gasteiger partial charge in [-0.2, -0.15) is 0 Å². The van der Waals surface area contributed by atoms with Crippen molar-refractivity contribution in [3.8, 4) is 0 Å². The van der Waals surface area contributed by atoms with Gasteiger partial charge in [0.25, 0.3) is 0 Å². The van der Waals surface area contributed by atoms with Gasteiger partial charge in [0.05, 0.1) is 13.2 Å². The Morgan fingerprint density at radius 1 is 0.929 bits per heavy atom. The van der Waals surface area contributed by atoms with Crippen LogP contribution in [0.15, 0.2) is 0 Å². The summed E-state index contributed by atoms with van der Waals surface area (Å²) < 4.78 is 0. The maximum absolute atomic E-state index is 8.82. The monoisotopic (exact) mass is 208 g/mol. The predicted molar refractivity (Wildman–Crippen MR) is 55.7 cm³/mol. The molecule has 0 atom stereocenters. The van der Waals surface area contributed by atoms with E-state index in [0.717, 1.165) is 12.8 Å². The zero-order valence-electron chi connectivity index (χ0n) is 9.40. The SMILES string of the molecule is CCC(CC)(CO)CO.CCC(O)O. The molecule has 0 radical (unpaired) electrons. The van der Waals surface area contributed by atoms with Gasteiger partial charge < -0.3 is 20.4 Å². The third-order valence-electron chi connectivity index (χ3n) is 2.54. The smallest absolute Gasteiger partial charge is 0.151 e. The lowest BCUT2D eigenvalue weighted by atomic mass is 9.84. The van der Waals surface area contributed by atoms with Gasteiger partial charge in [-0.1, -0.05) is 20.8 Å². The van der Waals surface area contributed by atoms with E-state index in [4.69, 9.17) is 20.4 Å². The summed E-state index contributed by atoms with van der Waals surface area (Å²) >= 11 is 0. The molecule has 0 saturated heterocycles. The molecule has 4 heteroatoms. The van der Waals surface area contributed by atoms with Crippen LogP contribution in [-0.2, 0) is 0 Å². The van der Waals surface area contributed by atoms with Crippen LogP contribution in [0.25, 0.3) is 0 Å². The molecule has 0 aliphatic heterocycles. The molecule has 0 aromatic carbocycles. The van der Waals surface area contributed by atoms with Crippen LogP contribution >= 0.6 is 0 Å². The highest BCUT2D eigenvalue weighted by atomic mass is 16.5. The normalized spacial score (nSPS) is 11.1. The van der Waals surface area contributed by atoms with Crippen LogP contribution in [0.1, 0.15) is 40.0 Å². The van der Waals surface area contributed by atoms with Crippen LogP contribution < -0.4 is 0 Å². The van der Waals surface area contributed by atoms with Gasteiger partial charge in [-0.3, -0.25) is 0 Å². The molecule has 0 heterocycles. The Morgan fingerprint density at radius 2 is 1.21 bits per heavy atom. The van der Waals surface area contributed by atoms with Crippen LogP contribution in [0, 0.1) is 5.41 Å². The number of aliphatic hydroxyl groups is 4. The average Bonchev–Trinajstić information content (AvgIpc) is 2.23. The van der Waals surface area contributed by atoms with Gasteiger partial charge in [0.2, 0.25) is 0 Å². The van der Waals surface area contributed by atoms with Crippen LogP contribution in [0.5, 0.6) is 0 Å². The Kier molecular flexibility index (Phi) is 10.9. The molecule has 0 amide bonds. The van der Waals surface area contributed by atoms with Crippen molar-refractivity contribution in [1.82, 2.24) is 0 Å². The third kappa shape index (κ3) is 7.26. The maximum Gasteiger partial charge on any atom is 0.151 e. The Labute approximate surface area is 86.2 Å². The van der Waals surface area contributed by atoms with Crippen molar-refractivity contribution >= 4 is 0 Å². The molecule has 88 valence electrons. The van der Waals surface area contributed by atoms with Crippen LogP contribution in [0.4, 0.5) is 0 Å². The molecule has 0 aliphatic rings. The highest BCUT2D eigenvalue weighted by Crippen LogP contribution is 2.23. The quantitative estimate of drug-likeness (QED) is 0.495. The molecule has 4 N–H and O–H groups in total. The van der Waals surface area contributed by atoms with Gasteiger partial charge in [-0.15, -0.1) is 0 Å². The summed E-state index contributed by atoms with van der Waals surface area (Å²) in [6.45, 7) is 5.85. The molecule has 0 bridgehead atoms. The Balaban J connectivity index is 0. The average molecular weight is 208 g/mol. The number of hydrogen-bond donors (Lipinski definition) is 4. The first kappa shape index (κ1) is 16.3. The molecular formula is C10H24O4. The van der Waals surface area contributed by atoms with Crippen LogP contribution in [0.2, 0.25) is 0 Å². The summed E-state index contributed by atoms with van der Waals surface area (Å²) in [7, 11) is 0. The first-order valence-corrected chi connectivity index (χ1v) is 5.09. The molecule has 0 saturated carbocycles. The second kappa shape index (κ2) is 9.40. The molecule has 0 rings (SSSR count). The van der Waals surface area contributed by atoms with E-state index in [0.29, 0.717) is 6.42 Å². The second-order valence-electron chi connectivity index (χ2n) is 3.41. The lowest BCUT2D eigenvalue weighted by Crippen LogP contribution is -2.27. The van der Waals surface area contributed by atoms with E-state index < -0.39 is 6.29 Å². The van der Waals surface area contributed by atoms with Crippen molar-refractivity contribution in [2.75, 3.05) is 13.2 Å². The fourth-order valence-corrected chi connectivity index (χ4v) is 0.747. The zero-order chi connectivity index (χ0) is 11.6. The Morgan fingerprint density at radius 3 is 1.21 bits per heavy atom. The van der Waals surface area contributed by atoms with Gasteiger partial charge in [-0.05, 0) is 19.3 Å². The predicted octanol–water partition coefficient (Wildman–Crippen LogP) is 0.484. The summed E-state index contributed by atoms with van der Waals surface area (Å²) in [6, 6.07) is 0. The van der Waals surface area contributed by atoms with E-state index in [1.807, 2.05) is 13.8 Å². The van der Waals surface area contributed by atoms with E-state index in [2.05, 4.69) is 0 Å². The number of rotatable bonds is 5. The summed E-state index contributed by atoms with van der Waals surface area (Å²) in [5, 5.41) is 33.5. The van der Waals surface area contributed by atoms with Gasteiger partial charge in [0.1, 0.15) is 0 Å². The van der Waals surface area contributed by atoms with Gasteiger partial charge >= 0.3 is 0 Å². The first-order chi connectivity index (χ1) is 6.51. The molecular weight excluding hydrogens is 184 g/mol. The molecule has 14 heavy (non-hydrogen) atoms. The van der Waals surface area contributed by atoms with Gasteiger partial charge in [0.15, 0.2) is 6.29 Å². The Hall–Kier alpha value is -0.160. The van der Waals surface area contributed by atoms with Crippen molar-refractivity contribution < 1.29 is 20.4 Å². The molecule has 4 nitrogen and oxygen atoms in total. The van der Waals surface area contributed by atoms with Crippen LogP contribution in [0.3, 0.4) is 0 Å². The summed E-state index contributed by atoms with van der Waals surface area (Å²) in [6.07, 6.45) is 0.988. The van der Waals surface area contributed by atoms with E-state index in [-0.39, 0.29) is 18.6 Å². The summed E-state index contributed by atoms with van der Waals surface area (Å²) in [5.41, 5.74) is -0.222. The van der Waals surface area contributed by atoms with E-state index >= 15 is 0 Å². The van der Waals surface area contributed by atoms with E-state index in [1.54, 1.807) is 6.92 Å². The van der Waals surface area contributed by atoms with Gasteiger partial charge in [-0.25, -0.2) is 0 Å². The molecule has 0 spiro atoms. The van der Waals surface area contributed by atoms with Crippen molar-refractivity contribution in [3.63, 3.8) is 0 Å². The minimum atomic E-state index is -1.12. The maximum atomic E-state index is 8.82. The highest BCUT2D eigenvalue weighted by molar-refractivity contribution is 4.73. The summed E-state index contributed by atoms with van der Waals surface area (Å²) in [4.78, 5) is 0. The van der Waals surface area contributed by atoms with Gasteiger partial charge in [0, 0.05) is 5.41 Å². The third-order valence-corrected chi connectivity index (χ3v) is 2.54. The molecule has 0 aliphatic carbocycles. The lowest BCUT2D eigenvalue weighted by Gasteiger charge is -2.25. The zero-order valence-corrected chi connectivity index (χ0v) is 9.40. The fraction of sp³-hybridized carbons (Fsp3) is 1.00. The number of aliphatic hydroxyl groups excluding tert-OH is 3. The molecule has 0 aromatic rings. The first-order valence-electron chi connectivity index (χ1n) is 5.09.